The summed E-state index contributed by atoms with van der Waals surface area (Å²) in [6.45, 7) is 2.11. The maximum Gasteiger partial charge on any atom is 0.223 e. The predicted molar refractivity (Wildman–Crippen MR) is 74.6 cm³/mol. The molecule has 1 aromatic heterocycles. The first-order valence-corrected chi connectivity index (χ1v) is 7.26. The van der Waals surface area contributed by atoms with Gasteiger partial charge in [-0.15, -0.1) is 0 Å². The zero-order chi connectivity index (χ0) is 13.7. The molecule has 0 amide bonds. The lowest BCUT2D eigenvalue weighted by atomic mass is 9.93. The lowest BCUT2D eigenvalue weighted by Gasteiger charge is -2.29. The minimum atomic E-state index is -0.365. The first kappa shape index (κ1) is 14.2. The number of aryl methyl sites for hydroxylation is 1. The van der Waals surface area contributed by atoms with Crippen LogP contribution in [0.4, 0.5) is 5.95 Å². The SMILES string of the molecule is CCCc1nc(N)nc(C2(OC)CCCCCC2)n1. The van der Waals surface area contributed by atoms with Crippen LogP contribution in [0.3, 0.4) is 0 Å². The van der Waals surface area contributed by atoms with Crippen molar-refractivity contribution in [2.75, 3.05) is 12.8 Å². The van der Waals surface area contributed by atoms with Crippen LogP contribution >= 0.6 is 0 Å². The minimum absolute atomic E-state index is 0.314. The lowest BCUT2D eigenvalue weighted by Crippen LogP contribution is -2.31. The van der Waals surface area contributed by atoms with Crippen molar-refractivity contribution < 1.29 is 4.74 Å². The second kappa shape index (κ2) is 6.28. The molecule has 1 aliphatic carbocycles. The van der Waals surface area contributed by atoms with Gasteiger partial charge in [0.05, 0.1) is 0 Å². The highest BCUT2D eigenvalue weighted by atomic mass is 16.5. The van der Waals surface area contributed by atoms with Crippen molar-refractivity contribution in [2.45, 2.75) is 63.9 Å². The van der Waals surface area contributed by atoms with Gasteiger partial charge in [-0.3, -0.25) is 0 Å². The maximum absolute atomic E-state index is 5.83. The summed E-state index contributed by atoms with van der Waals surface area (Å²) in [6.07, 6.45) is 8.60. The molecule has 5 heteroatoms. The lowest BCUT2D eigenvalue weighted by molar-refractivity contribution is -0.0353. The molecular weight excluding hydrogens is 240 g/mol. The number of aromatic nitrogens is 3. The summed E-state index contributed by atoms with van der Waals surface area (Å²) in [4.78, 5) is 13.2. The van der Waals surface area contributed by atoms with E-state index in [2.05, 4.69) is 21.9 Å². The fraction of sp³-hybridized carbons (Fsp3) is 0.786. The van der Waals surface area contributed by atoms with Gasteiger partial charge in [0.15, 0.2) is 5.82 Å². The molecule has 0 saturated heterocycles. The van der Waals surface area contributed by atoms with E-state index in [-0.39, 0.29) is 5.60 Å². The van der Waals surface area contributed by atoms with Crippen LogP contribution in [0, 0.1) is 0 Å². The Hall–Kier alpha value is -1.23. The van der Waals surface area contributed by atoms with Crippen LogP contribution in [0.25, 0.3) is 0 Å². The molecule has 0 aliphatic heterocycles. The normalized spacial score (nSPS) is 19.1. The average Bonchev–Trinajstić information content (AvgIpc) is 2.64. The van der Waals surface area contributed by atoms with Crippen molar-refractivity contribution in [3.63, 3.8) is 0 Å². The molecule has 0 spiro atoms. The molecule has 5 nitrogen and oxygen atoms in total. The van der Waals surface area contributed by atoms with E-state index < -0.39 is 0 Å². The Morgan fingerprint density at radius 3 is 2.37 bits per heavy atom. The number of hydrogen-bond acceptors (Lipinski definition) is 5. The molecule has 2 rings (SSSR count). The van der Waals surface area contributed by atoms with E-state index in [1.54, 1.807) is 7.11 Å². The molecule has 1 heterocycles. The van der Waals surface area contributed by atoms with Crippen LogP contribution in [0.2, 0.25) is 0 Å². The third-order valence-electron chi connectivity index (χ3n) is 3.88. The van der Waals surface area contributed by atoms with E-state index in [0.717, 1.165) is 50.2 Å². The van der Waals surface area contributed by atoms with Gasteiger partial charge in [-0.05, 0) is 19.3 Å². The number of anilines is 1. The third-order valence-corrected chi connectivity index (χ3v) is 3.88. The monoisotopic (exact) mass is 264 g/mol. The molecule has 0 bridgehead atoms. The molecule has 1 aliphatic rings. The standard InChI is InChI=1S/C14H24N4O/c1-3-8-11-16-12(18-13(15)17-11)14(19-2)9-6-4-5-7-10-14/h3-10H2,1-2H3,(H2,15,16,17,18). The molecule has 1 saturated carbocycles. The van der Waals surface area contributed by atoms with Gasteiger partial charge in [0.25, 0.3) is 0 Å². The largest absolute Gasteiger partial charge is 0.370 e. The second-order valence-corrected chi connectivity index (χ2v) is 5.30. The van der Waals surface area contributed by atoms with E-state index in [1.807, 2.05) is 0 Å². The topological polar surface area (TPSA) is 73.9 Å². The van der Waals surface area contributed by atoms with Crippen LogP contribution in [-0.2, 0) is 16.8 Å². The van der Waals surface area contributed by atoms with E-state index in [9.17, 15) is 0 Å². The molecule has 0 atom stereocenters. The molecule has 0 unspecified atom stereocenters. The third kappa shape index (κ3) is 3.21. The summed E-state index contributed by atoms with van der Waals surface area (Å²) in [5.74, 6) is 1.83. The van der Waals surface area contributed by atoms with Gasteiger partial charge in [-0.2, -0.15) is 9.97 Å². The van der Waals surface area contributed by atoms with Gasteiger partial charge in [0.2, 0.25) is 5.95 Å². The van der Waals surface area contributed by atoms with E-state index in [0.29, 0.717) is 5.95 Å². The Labute approximate surface area is 115 Å². The Morgan fingerprint density at radius 2 is 1.79 bits per heavy atom. The minimum Gasteiger partial charge on any atom is -0.370 e. The van der Waals surface area contributed by atoms with Crippen molar-refractivity contribution in [1.82, 2.24) is 15.0 Å². The number of ether oxygens (including phenoxy) is 1. The molecule has 2 N–H and O–H groups in total. The van der Waals surface area contributed by atoms with Crippen LogP contribution < -0.4 is 5.73 Å². The maximum atomic E-state index is 5.83. The van der Waals surface area contributed by atoms with Crippen LogP contribution in [-0.4, -0.2) is 22.1 Å². The smallest absolute Gasteiger partial charge is 0.223 e. The molecule has 19 heavy (non-hydrogen) atoms. The van der Waals surface area contributed by atoms with Crippen LogP contribution in [0.1, 0.15) is 63.5 Å². The summed E-state index contributed by atoms with van der Waals surface area (Å²) in [6, 6.07) is 0. The Bertz CT molecular complexity index is 414. The highest BCUT2D eigenvalue weighted by Crippen LogP contribution is 2.37. The summed E-state index contributed by atoms with van der Waals surface area (Å²) in [5.41, 5.74) is 5.47. The fourth-order valence-electron chi connectivity index (χ4n) is 2.80. The number of nitrogens with two attached hydrogens (primary N) is 1. The number of nitrogens with zero attached hydrogens (tertiary/aromatic N) is 3. The first-order chi connectivity index (χ1) is 9.20. The van der Waals surface area contributed by atoms with Gasteiger partial charge in [-0.1, -0.05) is 32.6 Å². The highest BCUT2D eigenvalue weighted by molar-refractivity contribution is 5.19. The first-order valence-electron chi connectivity index (χ1n) is 7.26. The van der Waals surface area contributed by atoms with E-state index in [4.69, 9.17) is 10.5 Å². The Morgan fingerprint density at radius 1 is 1.11 bits per heavy atom. The summed E-state index contributed by atoms with van der Waals surface area (Å²) >= 11 is 0. The van der Waals surface area contributed by atoms with Gasteiger partial charge in [0, 0.05) is 13.5 Å². The summed E-state index contributed by atoms with van der Waals surface area (Å²) in [5, 5.41) is 0. The second-order valence-electron chi connectivity index (χ2n) is 5.30. The van der Waals surface area contributed by atoms with Crippen LogP contribution in [0.5, 0.6) is 0 Å². The molecule has 1 fully saturated rings. The van der Waals surface area contributed by atoms with Crippen molar-refractivity contribution in [3.05, 3.63) is 11.6 Å². The average molecular weight is 264 g/mol. The molecule has 1 aromatic rings. The Balaban J connectivity index is 2.35. The summed E-state index contributed by atoms with van der Waals surface area (Å²) in [7, 11) is 1.75. The predicted octanol–water partition coefficient (Wildman–Crippen LogP) is 2.60. The number of rotatable bonds is 4. The van der Waals surface area contributed by atoms with Gasteiger partial charge in [0.1, 0.15) is 11.4 Å². The van der Waals surface area contributed by atoms with Crippen molar-refractivity contribution in [3.8, 4) is 0 Å². The fourth-order valence-corrected chi connectivity index (χ4v) is 2.80. The van der Waals surface area contributed by atoms with Crippen molar-refractivity contribution >= 4 is 5.95 Å². The van der Waals surface area contributed by atoms with Crippen LogP contribution in [0.15, 0.2) is 0 Å². The number of nitrogen functional groups attached to an aromatic ring is 1. The van der Waals surface area contributed by atoms with Crippen molar-refractivity contribution in [1.29, 1.82) is 0 Å². The summed E-state index contributed by atoms with van der Waals surface area (Å²) < 4.78 is 5.82. The molecule has 0 aromatic carbocycles. The van der Waals surface area contributed by atoms with Gasteiger partial charge in [-0.25, -0.2) is 4.98 Å². The van der Waals surface area contributed by atoms with E-state index >= 15 is 0 Å². The molecule has 106 valence electrons. The number of methoxy groups -OCH3 is 1. The highest BCUT2D eigenvalue weighted by Gasteiger charge is 2.36. The molecular formula is C14H24N4O. The Kier molecular flexibility index (Phi) is 4.69. The van der Waals surface area contributed by atoms with E-state index in [1.165, 1.54) is 12.8 Å². The number of hydrogen-bond donors (Lipinski definition) is 1. The zero-order valence-electron chi connectivity index (χ0n) is 12.0. The van der Waals surface area contributed by atoms with Crippen molar-refractivity contribution in [2.24, 2.45) is 0 Å². The zero-order valence-corrected chi connectivity index (χ0v) is 12.0. The quantitative estimate of drug-likeness (QED) is 0.846. The van der Waals surface area contributed by atoms with Gasteiger partial charge < -0.3 is 10.5 Å². The molecule has 0 radical (unpaired) electrons. The van der Waals surface area contributed by atoms with Gasteiger partial charge >= 0.3 is 0 Å².